The van der Waals surface area contributed by atoms with Gasteiger partial charge in [0.25, 0.3) is 11.5 Å². The van der Waals surface area contributed by atoms with Gasteiger partial charge >= 0.3 is 0 Å². The van der Waals surface area contributed by atoms with Gasteiger partial charge in [0.2, 0.25) is 5.58 Å². The van der Waals surface area contributed by atoms with Crippen molar-refractivity contribution in [2.45, 2.75) is 25.9 Å². The molecule has 200 valence electrons. The summed E-state index contributed by atoms with van der Waals surface area (Å²) in [5, 5.41) is 0.784. The summed E-state index contributed by atoms with van der Waals surface area (Å²) in [4.78, 5) is 37.0. The van der Waals surface area contributed by atoms with Crippen molar-refractivity contribution in [2.75, 3.05) is 27.2 Å². The van der Waals surface area contributed by atoms with Crippen LogP contribution >= 0.6 is 15.9 Å². The number of rotatable bonds is 9. The molecular weight excluding hydrogens is 556 g/mol. The molecule has 39 heavy (non-hydrogen) atoms. The van der Waals surface area contributed by atoms with Crippen LogP contribution < -0.4 is 5.56 Å². The maximum Gasteiger partial charge on any atom is 0.297 e. The van der Waals surface area contributed by atoms with Crippen molar-refractivity contribution in [1.82, 2.24) is 19.4 Å². The van der Waals surface area contributed by atoms with Gasteiger partial charge in [0.1, 0.15) is 16.9 Å². The Bertz CT molecular complexity index is 1660. The Morgan fingerprint density at radius 3 is 2.36 bits per heavy atom. The molecule has 1 unspecified atom stereocenters. The quantitative estimate of drug-likeness (QED) is 0.208. The molecule has 3 aromatic carbocycles. The molecule has 0 aliphatic heterocycles. The summed E-state index contributed by atoms with van der Waals surface area (Å²) in [6.07, 6.45) is 0.582. The molecule has 0 fully saturated rings. The molecule has 0 N–H and O–H groups in total. The van der Waals surface area contributed by atoms with Gasteiger partial charge < -0.3 is 14.2 Å². The smallest absolute Gasteiger partial charge is 0.297 e. The highest BCUT2D eigenvalue weighted by Gasteiger charge is 2.30. The zero-order chi connectivity index (χ0) is 27.5. The van der Waals surface area contributed by atoms with Crippen molar-refractivity contribution < 1.29 is 9.21 Å². The summed E-state index contributed by atoms with van der Waals surface area (Å²) in [6, 6.07) is 24.3. The average molecular weight is 588 g/mol. The van der Waals surface area contributed by atoms with E-state index in [0.717, 1.165) is 15.4 Å². The van der Waals surface area contributed by atoms with E-state index in [1.54, 1.807) is 4.57 Å². The van der Waals surface area contributed by atoms with Crippen molar-refractivity contribution in [3.05, 3.63) is 111 Å². The number of likely N-dealkylation sites (N-methyl/N-ethyl adjacent to an activating group) is 1. The second kappa shape index (κ2) is 11.6. The van der Waals surface area contributed by atoms with Crippen LogP contribution in [-0.4, -0.2) is 52.4 Å². The number of para-hydroxylation sites is 1. The highest BCUT2D eigenvalue weighted by molar-refractivity contribution is 9.10. The first kappa shape index (κ1) is 26.8. The molecule has 0 radical (unpaired) electrons. The molecule has 0 aliphatic carbocycles. The van der Waals surface area contributed by atoms with Crippen LogP contribution in [0.2, 0.25) is 0 Å². The zero-order valence-electron chi connectivity index (χ0n) is 22.3. The van der Waals surface area contributed by atoms with Gasteiger partial charge in [-0.05, 0) is 62.5 Å². The summed E-state index contributed by atoms with van der Waals surface area (Å²) in [5.74, 6) is 0.448. The van der Waals surface area contributed by atoms with E-state index in [4.69, 9.17) is 9.40 Å². The normalized spacial score (nSPS) is 12.3. The number of fused-ring (bicyclic) bond motifs is 3. The van der Waals surface area contributed by atoms with Crippen LogP contribution in [0.4, 0.5) is 0 Å². The predicted molar refractivity (Wildman–Crippen MR) is 158 cm³/mol. The lowest BCUT2D eigenvalue weighted by molar-refractivity contribution is 0.0642. The minimum Gasteiger partial charge on any atom is -0.448 e. The highest BCUT2D eigenvalue weighted by Crippen LogP contribution is 2.30. The molecule has 5 aromatic rings. The highest BCUT2D eigenvalue weighted by atomic mass is 79.9. The Hall–Kier alpha value is -3.75. The summed E-state index contributed by atoms with van der Waals surface area (Å²) in [7, 11) is 3.97. The van der Waals surface area contributed by atoms with Gasteiger partial charge in [0.15, 0.2) is 0 Å². The molecule has 0 bridgehead atoms. The molecule has 5 rings (SSSR count). The van der Waals surface area contributed by atoms with Gasteiger partial charge in [-0.15, -0.1) is 0 Å². The fourth-order valence-corrected chi connectivity index (χ4v) is 5.13. The second-order valence-corrected chi connectivity index (χ2v) is 10.8. The maximum absolute atomic E-state index is 14.0. The molecule has 8 heteroatoms. The number of aromatic nitrogens is 2. The van der Waals surface area contributed by atoms with Crippen molar-refractivity contribution in [1.29, 1.82) is 0 Å². The molecule has 1 atom stereocenters. The van der Waals surface area contributed by atoms with Gasteiger partial charge in [0, 0.05) is 28.5 Å². The van der Waals surface area contributed by atoms with E-state index >= 15 is 0 Å². The first-order valence-electron chi connectivity index (χ1n) is 13.0. The van der Waals surface area contributed by atoms with Crippen LogP contribution in [0.3, 0.4) is 0 Å². The Morgan fingerprint density at radius 1 is 0.974 bits per heavy atom. The Morgan fingerprint density at radius 2 is 1.67 bits per heavy atom. The number of hydrogen-bond donors (Lipinski definition) is 0. The molecule has 0 spiro atoms. The lowest BCUT2D eigenvalue weighted by Gasteiger charge is -2.33. The van der Waals surface area contributed by atoms with Gasteiger partial charge in [-0.2, -0.15) is 0 Å². The first-order chi connectivity index (χ1) is 18.9. The number of carbonyl (C=O) groups excluding carboxylic acids is 1. The van der Waals surface area contributed by atoms with E-state index in [-0.39, 0.29) is 17.0 Å². The van der Waals surface area contributed by atoms with Gasteiger partial charge in [0.05, 0.1) is 12.6 Å². The summed E-state index contributed by atoms with van der Waals surface area (Å²) >= 11 is 3.46. The lowest BCUT2D eigenvalue weighted by atomic mass is 10.1. The van der Waals surface area contributed by atoms with Crippen molar-refractivity contribution in [3.8, 4) is 0 Å². The maximum atomic E-state index is 14.0. The lowest BCUT2D eigenvalue weighted by Crippen LogP contribution is -2.42. The third-order valence-electron chi connectivity index (χ3n) is 6.90. The summed E-state index contributed by atoms with van der Waals surface area (Å²) < 4.78 is 8.59. The average Bonchev–Trinajstić information content (AvgIpc) is 3.32. The minimum atomic E-state index is -0.435. The first-order valence-corrected chi connectivity index (χ1v) is 13.8. The van der Waals surface area contributed by atoms with E-state index in [0.29, 0.717) is 48.5 Å². The number of nitrogens with zero attached hydrogens (tertiary/aromatic N) is 4. The third-order valence-corrected chi connectivity index (χ3v) is 7.42. The zero-order valence-corrected chi connectivity index (χ0v) is 23.9. The van der Waals surface area contributed by atoms with Crippen molar-refractivity contribution in [3.63, 3.8) is 0 Å². The van der Waals surface area contributed by atoms with Crippen LogP contribution in [0.15, 0.2) is 92.5 Å². The Kier molecular flexibility index (Phi) is 7.95. The molecule has 0 saturated carbocycles. The molecule has 0 aliphatic rings. The number of carbonyl (C=O) groups is 1. The molecule has 7 nitrogen and oxygen atoms in total. The van der Waals surface area contributed by atoms with Gasteiger partial charge in [-0.3, -0.25) is 14.2 Å². The SMILES string of the molecule is CCC(c1nc2c(oc3ccccc32)c(=O)n1Cc1ccccc1)N(CCN(C)C)C(=O)c1ccc(Br)cc1. The molecule has 2 aromatic heterocycles. The number of benzene rings is 3. The van der Waals surface area contributed by atoms with E-state index in [2.05, 4.69) is 15.9 Å². The summed E-state index contributed by atoms with van der Waals surface area (Å²) in [5.41, 5.74) is 2.66. The molecule has 2 heterocycles. The number of furan rings is 1. The monoisotopic (exact) mass is 586 g/mol. The molecular formula is C31H31BrN4O3. The van der Waals surface area contributed by atoms with Crippen LogP contribution in [0.5, 0.6) is 0 Å². The van der Waals surface area contributed by atoms with Crippen molar-refractivity contribution >= 4 is 43.9 Å². The third kappa shape index (κ3) is 5.53. The standard InChI is InChI=1S/C31H31BrN4O3/c1-4-25(35(19-18-34(2)3)30(37)22-14-16-23(32)17-15-22)29-33-27-24-12-8-9-13-26(24)39-28(27)31(38)36(29)20-21-10-6-5-7-11-21/h5-17,25H,4,18-20H2,1-3H3. The predicted octanol–water partition coefficient (Wildman–Crippen LogP) is 6.11. The van der Waals surface area contributed by atoms with E-state index in [9.17, 15) is 9.59 Å². The van der Waals surface area contributed by atoms with E-state index in [1.807, 2.05) is 110 Å². The van der Waals surface area contributed by atoms with Gasteiger partial charge in [-0.1, -0.05) is 65.3 Å². The van der Waals surface area contributed by atoms with Crippen LogP contribution in [0, 0.1) is 0 Å². The number of hydrogen-bond acceptors (Lipinski definition) is 5. The van der Waals surface area contributed by atoms with Crippen molar-refractivity contribution in [2.24, 2.45) is 0 Å². The van der Waals surface area contributed by atoms with Crippen LogP contribution in [-0.2, 0) is 6.54 Å². The Balaban J connectivity index is 1.71. The van der Waals surface area contributed by atoms with Crippen LogP contribution in [0.25, 0.3) is 22.1 Å². The number of halogens is 1. The van der Waals surface area contributed by atoms with E-state index in [1.165, 1.54) is 0 Å². The second-order valence-electron chi connectivity index (χ2n) is 9.86. The van der Waals surface area contributed by atoms with Crippen LogP contribution in [0.1, 0.15) is 41.1 Å². The minimum absolute atomic E-state index is 0.103. The molecule has 0 saturated heterocycles. The summed E-state index contributed by atoms with van der Waals surface area (Å²) in [6.45, 7) is 3.49. The number of amides is 1. The van der Waals surface area contributed by atoms with Gasteiger partial charge in [-0.25, -0.2) is 4.98 Å². The fourth-order valence-electron chi connectivity index (χ4n) is 4.87. The molecule has 1 amide bonds. The fraction of sp³-hybridized carbons (Fsp3) is 0.258. The topological polar surface area (TPSA) is 71.6 Å². The van der Waals surface area contributed by atoms with E-state index < -0.39 is 6.04 Å². The largest absolute Gasteiger partial charge is 0.448 e. The Labute approximate surface area is 235 Å².